The molecule has 194 valence electrons. The molecule has 8 heteroatoms. The number of allylic oxidation sites excluding steroid dienone is 5. The van der Waals surface area contributed by atoms with Crippen LogP contribution < -0.4 is 5.32 Å². The van der Waals surface area contributed by atoms with Crippen molar-refractivity contribution in [3.8, 4) is 0 Å². The molecule has 7 atom stereocenters. The first-order chi connectivity index (χ1) is 16.7. The molecule has 2 unspecified atom stereocenters. The number of hydrogen-bond acceptors (Lipinski definition) is 7. The van der Waals surface area contributed by atoms with Crippen molar-refractivity contribution in [2.45, 2.75) is 58.1 Å². The van der Waals surface area contributed by atoms with E-state index in [0.717, 1.165) is 61.2 Å². The van der Waals surface area contributed by atoms with Gasteiger partial charge >= 0.3 is 6.09 Å². The summed E-state index contributed by atoms with van der Waals surface area (Å²) in [7, 11) is 3.48. The fourth-order valence-corrected chi connectivity index (χ4v) is 10.2. The van der Waals surface area contributed by atoms with Crippen LogP contribution in [0.1, 0.15) is 52.9 Å². The average molecular weight is 538 g/mol. The molecule has 4 aliphatic rings. The highest BCUT2D eigenvalue weighted by Crippen LogP contribution is 2.67. The third-order valence-corrected chi connectivity index (χ3v) is 12.3. The van der Waals surface area contributed by atoms with Gasteiger partial charge in [0.15, 0.2) is 12.4 Å². The predicted octanol–water partition coefficient (Wildman–Crippen LogP) is 6.78. The molecule has 0 aromatic carbocycles. The van der Waals surface area contributed by atoms with Crippen molar-refractivity contribution in [3.05, 3.63) is 36.0 Å². The molecule has 2 N–H and O–H groups in total. The Morgan fingerprint density at radius 3 is 2.80 bits per heavy atom. The van der Waals surface area contributed by atoms with Crippen LogP contribution in [0.15, 0.2) is 36.0 Å². The zero-order chi connectivity index (χ0) is 25.2. The van der Waals surface area contributed by atoms with Gasteiger partial charge in [-0.1, -0.05) is 72.7 Å². The summed E-state index contributed by atoms with van der Waals surface area (Å²) < 4.78 is 15.8. The van der Waals surface area contributed by atoms with E-state index in [9.17, 15) is 14.1 Å². The van der Waals surface area contributed by atoms with Crippen LogP contribution in [0.5, 0.6) is 0 Å². The highest BCUT2D eigenvalue weighted by atomic mass is 33.1. The van der Waals surface area contributed by atoms with Crippen molar-refractivity contribution in [3.63, 3.8) is 0 Å². The topological polar surface area (TPSA) is 75.6 Å². The van der Waals surface area contributed by atoms with Crippen molar-refractivity contribution in [2.75, 3.05) is 24.7 Å². The Labute approximate surface area is 222 Å². The van der Waals surface area contributed by atoms with Crippen molar-refractivity contribution in [2.24, 2.45) is 34.5 Å². The summed E-state index contributed by atoms with van der Waals surface area (Å²) in [5, 5.41) is 2.81. The van der Waals surface area contributed by atoms with Gasteiger partial charge in [0.1, 0.15) is 0 Å². The highest BCUT2D eigenvalue weighted by Gasteiger charge is 2.62. The lowest BCUT2D eigenvalue weighted by Gasteiger charge is -2.59. The molecule has 3 fully saturated rings. The standard InChI is InChI=1S/C27H39NO4S3/c1-5-33-34-13-12-28-25(30)32-16-22(29)21-9-8-20-19-7-6-18-14-17(2)10-11-26(18,3)24(19)23(35-31)15-27(20,21)4/h10-11,14,19-21,23-24,31H,2,5-9,12-13,15-16H2,1,3-4H3,(H,28,30)/t19-,20?,21+,23-,24?,26-,27-/m1/s1. The number of nitrogens with one attached hydrogen (secondary N) is 1. The molecule has 0 aromatic heterocycles. The molecule has 5 nitrogen and oxygen atoms in total. The Hall–Kier alpha value is -0.830. The molecule has 0 heterocycles. The minimum Gasteiger partial charge on any atom is -0.442 e. The van der Waals surface area contributed by atoms with Crippen molar-refractivity contribution in [1.29, 1.82) is 0 Å². The summed E-state index contributed by atoms with van der Waals surface area (Å²) in [6, 6.07) is 0. The second-order valence-corrected chi connectivity index (χ2v) is 14.6. The highest BCUT2D eigenvalue weighted by molar-refractivity contribution is 8.76. The van der Waals surface area contributed by atoms with Gasteiger partial charge in [-0.25, -0.2) is 4.79 Å². The summed E-state index contributed by atoms with van der Waals surface area (Å²) in [4.78, 5) is 25.4. The lowest BCUT2D eigenvalue weighted by Crippen LogP contribution is -2.55. The Kier molecular flexibility index (Phi) is 8.77. The molecule has 0 radical (unpaired) electrons. The van der Waals surface area contributed by atoms with Gasteiger partial charge in [0, 0.05) is 34.6 Å². The Balaban J connectivity index is 1.42. The first-order valence-corrected chi connectivity index (χ1v) is 16.1. The molecule has 4 rings (SSSR count). The molecule has 1 amide bonds. The minimum absolute atomic E-state index is 0.0256. The lowest BCUT2D eigenvalue weighted by atomic mass is 9.47. The second-order valence-electron chi connectivity index (χ2n) is 10.9. The van der Waals surface area contributed by atoms with Gasteiger partial charge in [0.25, 0.3) is 0 Å². The molecule has 0 saturated heterocycles. The average Bonchev–Trinajstić information content (AvgIpc) is 3.19. The molecule has 0 aromatic rings. The molecule has 0 spiro atoms. The van der Waals surface area contributed by atoms with Gasteiger partial charge in [0.2, 0.25) is 0 Å². The van der Waals surface area contributed by atoms with Crippen molar-refractivity contribution < 1.29 is 18.9 Å². The number of carbonyl (C=O) groups is 2. The third-order valence-electron chi connectivity index (χ3n) is 9.09. The quantitative estimate of drug-likeness (QED) is 0.191. The van der Waals surface area contributed by atoms with Crippen LogP contribution in [0.4, 0.5) is 4.79 Å². The van der Waals surface area contributed by atoms with Gasteiger partial charge in [-0.3, -0.25) is 4.79 Å². The lowest BCUT2D eigenvalue weighted by molar-refractivity contribution is -0.132. The first-order valence-electron chi connectivity index (χ1n) is 12.8. The zero-order valence-electron chi connectivity index (χ0n) is 21.1. The van der Waals surface area contributed by atoms with Crippen LogP contribution in [0.2, 0.25) is 0 Å². The van der Waals surface area contributed by atoms with E-state index < -0.39 is 6.09 Å². The number of rotatable bonds is 9. The van der Waals surface area contributed by atoms with E-state index >= 15 is 0 Å². The van der Waals surface area contributed by atoms with E-state index in [2.05, 4.69) is 50.9 Å². The number of amides is 1. The number of fused-ring (bicyclic) bond motifs is 5. The Morgan fingerprint density at radius 1 is 1.26 bits per heavy atom. The summed E-state index contributed by atoms with van der Waals surface area (Å²) in [6.45, 7) is 11.2. The van der Waals surface area contributed by atoms with E-state index in [4.69, 9.17) is 4.74 Å². The molecule has 3 saturated carbocycles. The fraction of sp³-hybridized carbons (Fsp3) is 0.704. The second kappa shape index (κ2) is 11.3. The summed E-state index contributed by atoms with van der Waals surface area (Å²) >= 11 is 0.987. The normalized spacial score (nSPS) is 37.7. The molecule has 4 aliphatic carbocycles. The van der Waals surface area contributed by atoms with E-state index in [1.54, 1.807) is 21.6 Å². The number of Topliss-reactive ketones (excluding diaryl/α,β-unsaturated/α-hetero) is 1. The maximum atomic E-state index is 13.3. The monoisotopic (exact) mass is 537 g/mol. The summed E-state index contributed by atoms with van der Waals surface area (Å²) in [5.74, 6) is 3.01. The van der Waals surface area contributed by atoms with Gasteiger partial charge in [0.05, 0.1) is 0 Å². The van der Waals surface area contributed by atoms with Crippen LogP contribution in [0, 0.1) is 34.5 Å². The maximum absolute atomic E-state index is 13.3. The first kappa shape index (κ1) is 27.2. The summed E-state index contributed by atoms with van der Waals surface area (Å²) in [5.41, 5.74) is 2.25. The van der Waals surface area contributed by atoms with Crippen LogP contribution >= 0.6 is 33.6 Å². The van der Waals surface area contributed by atoms with E-state index in [1.807, 2.05) is 0 Å². The van der Waals surface area contributed by atoms with Gasteiger partial charge in [-0.15, -0.1) is 0 Å². The molecule has 0 bridgehead atoms. The van der Waals surface area contributed by atoms with Crippen LogP contribution in [0.25, 0.3) is 0 Å². The van der Waals surface area contributed by atoms with Crippen LogP contribution in [-0.4, -0.2) is 46.3 Å². The van der Waals surface area contributed by atoms with E-state index in [-0.39, 0.29) is 34.4 Å². The molecular formula is C27H39NO4S3. The number of carbonyl (C=O) groups excluding carboxylic acids is 2. The zero-order valence-corrected chi connectivity index (χ0v) is 23.5. The third kappa shape index (κ3) is 5.27. The van der Waals surface area contributed by atoms with Crippen LogP contribution in [-0.2, 0) is 9.53 Å². The smallest absolute Gasteiger partial charge is 0.407 e. The van der Waals surface area contributed by atoms with Gasteiger partial charge in [-0.2, -0.15) is 0 Å². The summed E-state index contributed by atoms with van der Waals surface area (Å²) in [6.07, 6.45) is 11.0. The van der Waals surface area contributed by atoms with E-state index in [0.29, 0.717) is 24.3 Å². The minimum atomic E-state index is -0.516. The molecule has 35 heavy (non-hydrogen) atoms. The molecular weight excluding hydrogens is 499 g/mol. The number of hydrogen-bond donors (Lipinski definition) is 2. The van der Waals surface area contributed by atoms with Gasteiger partial charge < -0.3 is 14.6 Å². The Morgan fingerprint density at radius 2 is 2.06 bits per heavy atom. The van der Waals surface area contributed by atoms with Crippen LogP contribution in [0.3, 0.4) is 0 Å². The number of ether oxygens (including phenoxy) is 1. The molecule has 0 aliphatic heterocycles. The van der Waals surface area contributed by atoms with Crippen molar-refractivity contribution in [1.82, 2.24) is 5.32 Å². The largest absolute Gasteiger partial charge is 0.442 e. The number of alkyl carbamates (subject to hydrolysis) is 1. The maximum Gasteiger partial charge on any atom is 0.407 e. The van der Waals surface area contributed by atoms with E-state index in [1.165, 1.54) is 5.57 Å². The number of ketones is 1. The predicted molar refractivity (Wildman–Crippen MR) is 149 cm³/mol. The fourth-order valence-electron chi connectivity index (χ4n) is 7.62. The van der Waals surface area contributed by atoms with Gasteiger partial charge in [-0.05, 0) is 72.9 Å². The van der Waals surface area contributed by atoms with Crippen molar-refractivity contribution >= 4 is 45.5 Å². The SMILES string of the molecule is C=C1C=C[C@]2(C)C(=C1)CC[C@H]1C2[C@H](SO)C[C@]2(C)C1CC[C@H]2C(=O)COC(=O)NCCSSCC. The Bertz CT molecular complexity index is 905.